The number of rotatable bonds is 5. The van der Waals surface area contributed by atoms with Crippen LogP contribution in [0.2, 0.25) is 0 Å². The summed E-state index contributed by atoms with van der Waals surface area (Å²) in [4.78, 5) is 11.1. The van der Waals surface area contributed by atoms with Crippen LogP contribution in [0.3, 0.4) is 0 Å². The highest BCUT2D eigenvalue weighted by Gasteiger charge is 2.31. The molecule has 11 heteroatoms. The number of hydrogen-bond acceptors (Lipinski definition) is 4. The summed E-state index contributed by atoms with van der Waals surface area (Å²) in [5.41, 5.74) is -0.157. The lowest BCUT2D eigenvalue weighted by Gasteiger charge is -2.12. The third-order valence-electron chi connectivity index (χ3n) is 2.81. The van der Waals surface area contributed by atoms with Gasteiger partial charge in [0.25, 0.3) is 15.3 Å². The van der Waals surface area contributed by atoms with Gasteiger partial charge in [0, 0.05) is 4.47 Å². The van der Waals surface area contributed by atoms with Crippen LogP contribution in [-0.4, -0.2) is 20.0 Å². The van der Waals surface area contributed by atoms with Crippen LogP contribution in [0, 0.1) is 0 Å². The second-order valence-electron chi connectivity index (χ2n) is 4.59. The molecule has 0 fully saturated rings. The number of hydrogen-bond donors (Lipinski definition) is 1. The average Bonchev–Trinajstić information content (AvgIpc) is 2.47. The van der Waals surface area contributed by atoms with E-state index in [4.69, 9.17) is 11.6 Å². The molecule has 0 aromatic heterocycles. The van der Waals surface area contributed by atoms with Crippen molar-refractivity contribution in [1.29, 1.82) is 0 Å². The predicted molar refractivity (Wildman–Crippen MR) is 88.3 cm³/mol. The molecule has 0 radical (unpaired) electrons. The van der Waals surface area contributed by atoms with E-state index in [2.05, 4.69) is 25.4 Å². The van der Waals surface area contributed by atoms with E-state index >= 15 is 0 Å². The standard InChI is InChI=1S/C14H8BrClF3NO4S/c15-8-1-6-12(11(7-8)13(16)21)20-25(22,23)10-4-2-9(3-5-10)24-14(17,18)19/h1-7,20H. The SMILES string of the molecule is O=C(Cl)c1cc(Br)ccc1NS(=O)(=O)c1ccc(OC(F)(F)F)cc1. The summed E-state index contributed by atoms with van der Waals surface area (Å²) in [5, 5.41) is -0.882. The summed E-state index contributed by atoms with van der Waals surface area (Å²) in [6.45, 7) is 0. The van der Waals surface area contributed by atoms with Gasteiger partial charge < -0.3 is 4.74 Å². The Hall–Kier alpha value is -1.78. The zero-order chi connectivity index (χ0) is 18.8. The Kier molecular flexibility index (Phi) is 5.65. The lowest BCUT2D eigenvalue weighted by atomic mass is 10.2. The Morgan fingerprint density at radius 1 is 1.12 bits per heavy atom. The highest BCUT2D eigenvalue weighted by molar-refractivity contribution is 9.10. The molecule has 25 heavy (non-hydrogen) atoms. The van der Waals surface area contributed by atoms with Crippen molar-refractivity contribution in [1.82, 2.24) is 0 Å². The molecule has 0 saturated carbocycles. The molecule has 0 aliphatic heterocycles. The van der Waals surface area contributed by atoms with Gasteiger partial charge in [-0.05, 0) is 54.1 Å². The van der Waals surface area contributed by atoms with Crippen LogP contribution in [0.15, 0.2) is 51.8 Å². The minimum atomic E-state index is -4.88. The van der Waals surface area contributed by atoms with E-state index in [9.17, 15) is 26.4 Å². The molecule has 2 rings (SSSR count). The van der Waals surface area contributed by atoms with Crippen molar-refractivity contribution < 1.29 is 31.1 Å². The number of alkyl halides is 3. The zero-order valence-electron chi connectivity index (χ0n) is 12.0. The molecule has 2 aromatic carbocycles. The number of carbonyl (C=O) groups is 1. The summed E-state index contributed by atoms with van der Waals surface area (Å²) in [6, 6.07) is 7.72. The van der Waals surface area contributed by atoms with E-state index in [1.54, 1.807) is 0 Å². The summed E-state index contributed by atoms with van der Waals surface area (Å²) in [7, 11) is -4.16. The molecule has 5 nitrogen and oxygen atoms in total. The average molecular weight is 459 g/mol. The van der Waals surface area contributed by atoms with Gasteiger partial charge in [-0.2, -0.15) is 0 Å². The maximum absolute atomic E-state index is 12.3. The Bertz CT molecular complexity index is 901. The van der Waals surface area contributed by atoms with Crippen molar-refractivity contribution in [3.63, 3.8) is 0 Å². The van der Waals surface area contributed by atoms with E-state index < -0.39 is 27.4 Å². The third kappa shape index (κ3) is 5.35. The fourth-order valence-electron chi connectivity index (χ4n) is 1.79. The van der Waals surface area contributed by atoms with E-state index in [1.807, 2.05) is 0 Å². The monoisotopic (exact) mass is 457 g/mol. The van der Waals surface area contributed by atoms with Gasteiger partial charge in [-0.3, -0.25) is 9.52 Å². The van der Waals surface area contributed by atoms with Crippen LogP contribution >= 0.6 is 27.5 Å². The number of sulfonamides is 1. The summed E-state index contributed by atoms with van der Waals surface area (Å²) < 4.78 is 67.3. The molecule has 0 aliphatic carbocycles. The van der Waals surface area contributed by atoms with Crippen molar-refractivity contribution in [2.75, 3.05) is 4.72 Å². The largest absolute Gasteiger partial charge is 0.573 e. The third-order valence-corrected chi connectivity index (χ3v) is 4.88. The van der Waals surface area contributed by atoms with Gasteiger partial charge in [-0.1, -0.05) is 15.9 Å². The normalized spacial score (nSPS) is 11.9. The highest BCUT2D eigenvalue weighted by atomic mass is 79.9. The molecule has 134 valence electrons. The molecule has 0 saturated heterocycles. The van der Waals surface area contributed by atoms with E-state index in [0.29, 0.717) is 4.47 Å². The number of ether oxygens (including phenoxy) is 1. The van der Waals surface area contributed by atoms with Crippen molar-refractivity contribution >= 4 is 48.5 Å². The van der Waals surface area contributed by atoms with E-state index in [-0.39, 0.29) is 16.1 Å². The zero-order valence-corrected chi connectivity index (χ0v) is 15.1. The van der Waals surface area contributed by atoms with Crippen LogP contribution in [0.1, 0.15) is 10.4 Å². The van der Waals surface area contributed by atoms with Gasteiger partial charge in [0.05, 0.1) is 16.1 Å². The number of nitrogens with one attached hydrogen (secondary N) is 1. The lowest BCUT2D eigenvalue weighted by Crippen LogP contribution is -2.17. The van der Waals surface area contributed by atoms with Crippen molar-refractivity contribution in [2.24, 2.45) is 0 Å². The van der Waals surface area contributed by atoms with Crippen LogP contribution in [0.5, 0.6) is 5.75 Å². The molecular weight excluding hydrogens is 451 g/mol. The number of benzene rings is 2. The number of halogens is 5. The van der Waals surface area contributed by atoms with Crippen LogP contribution in [-0.2, 0) is 10.0 Å². The maximum Gasteiger partial charge on any atom is 0.573 e. The van der Waals surface area contributed by atoms with Crippen LogP contribution in [0.25, 0.3) is 0 Å². The van der Waals surface area contributed by atoms with Gasteiger partial charge in [0.15, 0.2) is 0 Å². The first kappa shape index (κ1) is 19.5. The molecule has 2 aromatic rings. The van der Waals surface area contributed by atoms with E-state index in [0.717, 1.165) is 24.3 Å². The second kappa shape index (κ2) is 7.22. The first-order valence-electron chi connectivity index (χ1n) is 6.36. The second-order valence-corrected chi connectivity index (χ2v) is 7.53. The summed E-state index contributed by atoms with van der Waals surface area (Å²) in [6.07, 6.45) is -4.88. The fraction of sp³-hybridized carbons (Fsp3) is 0.0714. The Morgan fingerprint density at radius 2 is 1.72 bits per heavy atom. The molecule has 0 bridgehead atoms. The lowest BCUT2D eigenvalue weighted by molar-refractivity contribution is -0.274. The molecule has 0 spiro atoms. The number of anilines is 1. The quantitative estimate of drug-likeness (QED) is 0.669. The van der Waals surface area contributed by atoms with Crippen molar-refractivity contribution in [3.05, 3.63) is 52.5 Å². The molecule has 0 unspecified atom stereocenters. The summed E-state index contributed by atoms with van der Waals surface area (Å²) in [5.74, 6) is -0.563. The Balaban J connectivity index is 2.30. The highest BCUT2D eigenvalue weighted by Crippen LogP contribution is 2.27. The molecular formula is C14H8BrClF3NO4S. The molecule has 1 N–H and O–H groups in total. The Labute approximate surface area is 153 Å². The van der Waals surface area contributed by atoms with Crippen LogP contribution in [0.4, 0.5) is 18.9 Å². The minimum absolute atomic E-state index is 0.0705. The van der Waals surface area contributed by atoms with Gasteiger partial charge in [-0.15, -0.1) is 13.2 Å². The molecule has 0 aliphatic rings. The number of carbonyl (C=O) groups excluding carboxylic acids is 1. The Morgan fingerprint density at radius 3 is 2.24 bits per heavy atom. The summed E-state index contributed by atoms with van der Waals surface area (Å²) >= 11 is 8.55. The fourth-order valence-corrected chi connectivity index (χ4v) is 3.39. The first-order valence-corrected chi connectivity index (χ1v) is 9.01. The minimum Gasteiger partial charge on any atom is -0.406 e. The van der Waals surface area contributed by atoms with Crippen molar-refractivity contribution in [3.8, 4) is 5.75 Å². The van der Waals surface area contributed by atoms with Crippen LogP contribution < -0.4 is 9.46 Å². The predicted octanol–water partition coefficient (Wildman–Crippen LogP) is 4.53. The molecule has 0 heterocycles. The van der Waals surface area contributed by atoms with Crippen molar-refractivity contribution in [2.45, 2.75) is 11.3 Å². The van der Waals surface area contributed by atoms with Gasteiger partial charge >= 0.3 is 6.36 Å². The molecule has 0 atom stereocenters. The smallest absolute Gasteiger partial charge is 0.406 e. The van der Waals surface area contributed by atoms with Gasteiger partial charge in [0.2, 0.25) is 0 Å². The molecule has 0 amide bonds. The first-order chi connectivity index (χ1) is 11.5. The maximum atomic E-state index is 12.3. The van der Waals surface area contributed by atoms with E-state index in [1.165, 1.54) is 18.2 Å². The van der Waals surface area contributed by atoms with Gasteiger partial charge in [-0.25, -0.2) is 8.42 Å². The van der Waals surface area contributed by atoms with Gasteiger partial charge in [0.1, 0.15) is 5.75 Å². The topological polar surface area (TPSA) is 72.5 Å².